The Morgan fingerprint density at radius 3 is 2.64 bits per heavy atom. The molecule has 2 heterocycles. The number of amides is 2. The van der Waals surface area contributed by atoms with Gasteiger partial charge in [-0.05, 0) is 19.4 Å². The maximum Gasteiger partial charge on any atom is 0.404 e. The average Bonchev–Trinajstić information content (AvgIpc) is 2.87. The first-order valence-corrected chi connectivity index (χ1v) is 8.09. The number of carbonyl (C=O) groups excluding carboxylic acids is 2. The molecular formula is C17H22N2O6. The number of benzene rings is 1. The van der Waals surface area contributed by atoms with Crippen molar-refractivity contribution in [2.45, 2.75) is 50.5 Å². The van der Waals surface area contributed by atoms with Gasteiger partial charge >= 0.3 is 6.09 Å². The smallest absolute Gasteiger partial charge is 0.404 e. The normalized spacial score (nSPS) is 30.8. The molecule has 2 saturated heterocycles. The van der Waals surface area contributed by atoms with Crippen LogP contribution in [0.3, 0.4) is 0 Å². The number of carbonyl (C=O) groups is 2. The fourth-order valence-corrected chi connectivity index (χ4v) is 3.32. The van der Waals surface area contributed by atoms with E-state index in [9.17, 15) is 14.7 Å². The molecule has 0 unspecified atom stereocenters. The van der Waals surface area contributed by atoms with Gasteiger partial charge in [0.1, 0.15) is 18.8 Å². The highest BCUT2D eigenvalue weighted by molar-refractivity contribution is 5.88. The molecule has 25 heavy (non-hydrogen) atoms. The zero-order valence-electron chi connectivity index (χ0n) is 14.1. The Morgan fingerprint density at radius 2 is 2.00 bits per heavy atom. The van der Waals surface area contributed by atoms with Crippen molar-refractivity contribution in [3.8, 4) is 0 Å². The molecule has 2 amide bonds. The van der Waals surface area contributed by atoms with Gasteiger partial charge in [-0.15, -0.1) is 0 Å². The Morgan fingerprint density at radius 1 is 1.32 bits per heavy atom. The fourth-order valence-electron chi connectivity index (χ4n) is 3.32. The summed E-state index contributed by atoms with van der Waals surface area (Å²) in [5.74, 6) is -1.29. The minimum Gasteiger partial charge on any atom is -0.447 e. The maximum absolute atomic E-state index is 12.1. The Labute approximate surface area is 145 Å². The molecule has 136 valence electrons. The van der Waals surface area contributed by atoms with Gasteiger partial charge < -0.3 is 30.0 Å². The van der Waals surface area contributed by atoms with Gasteiger partial charge in [0.05, 0.1) is 6.04 Å². The van der Waals surface area contributed by atoms with Crippen molar-refractivity contribution in [1.82, 2.24) is 4.90 Å². The van der Waals surface area contributed by atoms with Crippen LogP contribution in [0.2, 0.25) is 0 Å². The summed E-state index contributed by atoms with van der Waals surface area (Å²) in [4.78, 5) is 24.6. The van der Waals surface area contributed by atoms with Crippen molar-refractivity contribution in [3.05, 3.63) is 35.9 Å². The number of likely N-dealkylation sites (tertiary alicyclic amines) is 1. The minimum absolute atomic E-state index is 0.111. The number of nitrogens with two attached hydrogens (primary N) is 1. The molecule has 0 aliphatic carbocycles. The Hall–Kier alpha value is -2.16. The van der Waals surface area contributed by atoms with Gasteiger partial charge in [0.2, 0.25) is 0 Å². The molecule has 1 aromatic carbocycles. The van der Waals surface area contributed by atoms with Crippen molar-refractivity contribution in [1.29, 1.82) is 0 Å². The van der Waals surface area contributed by atoms with Gasteiger partial charge in [-0.3, -0.25) is 4.79 Å². The SMILES string of the molecule is CC1(C)O[C@@H]([C@H]2[C@@H](O)C(=O)N2Cc2ccccc2)[C@H](COC(N)=O)O1. The predicted octanol–water partition coefficient (Wildman–Crippen LogP) is 0.374. The zero-order valence-corrected chi connectivity index (χ0v) is 14.1. The third-order valence-corrected chi connectivity index (χ3v) is 4.36. The second-order valence-corrected chi connectivity index (χ2v) is 6.66. The first kappa shape index (κ1) is 17.7. The van der Waals surface area contributed by atoms with Crippen molar-refractivity contribution < 1.29 is 28.9 Å². The van der Waals surface area contributed by atoms with Crippen molar-refractivity contribution in [2.75, 3.05) is 6.61 Å². The van der Waals surface area contributed by atoms with Crippen LogP contribution in [0.4, 0.5) is 4.79 Å². The average molecular weight is 350 g/mol. The molecule has 3 N–H and O–H groups in total. The van der Waals surface area contributed by atoms with E-state index in [0.717, 1.165) is 5.56 Å². The molecule has 2 aliphatic heterocycles. The number of hydrogen-bond acceptors (Lipinski definition) is 6. The van der Waals surface area contributed by atoms with Gasteiger partial charge in [-0.2, -0.15) is 0 Å². The van der Waals surface area contributed by atoms with Gasteiger partial charge in [0, 0.05) is 6.54 Å². The molecule has 1 aromatic rings. The lowest BCUT2D eigenvalue weighted by Gasteiger charge is -2.47. The van der Waals surface area contributed by atoms with Crippen LogP contribution in [-0.4, -0.2) is 58.8 Å². The summed E-state index contributed by atoms with van der Waals surface area (Å²) in [5, 5.41) is 10.2. The maximum atomic E-state index is 12.1. The van der Waals surface area contributed by atoms with Crippen molar-refractivity contribution in [3.63, 3.8) is 0 Å². The van der Waals surface area contributed by atoms with Crippen LogP contribution in [0.1, 0.15) is 19.4 Å². The summed E-state index contributed by atoms with van der Waals surface area (Å²) in [6.45, 7) is 3.68. The highest BCUT2D eigenvalue weighted by atomic mass is 16.8. The van der Waals surface area contributed by atoms with Gasteiger partial charge in [-0.25, -0.2) is 4.79 Å². The fraction of sp³-hybridized carbons (Fsp3) is 0.529. The lowest BCUT2D eigenvalue weighted by molar-refractivity contribution is -0.190. The lowest BCUT2D eigenvalue weighted by Crippen LogP contribution is -2.70. The van der Waals surface area contributed by atoms with Crippen LogP contribution >= 0.6 is 0 Å². The molecule has 0 saturated carbocycles. The van der Waals surface area contributed by atoms with Crippen LogP contribution in [0, 0.1) is 0 Å². The molecule has 3 rings (SSSR count). The standard InChI is InChI=1S/C17H22N2O6/c1-17(2)24-11(9-23-16(18)22)14(25-17)12-13(20)15(21)19(12)8-10-6-4-3-5-7-10/h3-7,11-14,20H,8-9H2,1-2H3,(H2,18,22)/t11-,12+,13+,14+/m0/s1. The molecule has 8 heteroatoms. The third-order valence-electron chi connectivity index (χ3n) is 4.36. The predicted molar refractivity (Wildman–Crippen MR) is 86.1 cm³/mol. The molecule has 0 bridgehead atoms. The first-order valence-electron chi connectivity index (χ1n) is 8.09. The second kappa shape index (κ2) is 6.62. The molecular weight excluding hydrogens is 328 g/mol. The van der Waals surface area contributed by atoms with E-state index < -0.39 is 36.2 Å². The third kappa shape index (κ3) is 3.60. The molecule has 8 nitrogen and oxygen atoms in total. The number of β-lactam (4-membered cyclic amide) rings is 1. The molecule has 0 radical (unpaired) electrons. The van der Waals surface area contributed by atoms with E-state index in [0.29, 0.717) is 6.54 Å². The number of nitrogens with zero attached hydrogens (tertiary/aromatic N) is 1. The minimum atomic E-state index is -1.18. The number of rotatable bonds is 5. The van der Waals surface area contributed by atoms with E-state index in [2.05, 4.69) is 0 Å². The van der Waals surface area contributed by atoms with E-state index in [-0.39, 0.29) is 12.5 Å². The van der Waals surface area contributed by atoms with Gasteiger partial charge in [0.15, 0.2) is 11.9 Å². The monoisotopic (exact) mass is 350 g/mol. The van der Waals surface area contributed by atoms with E-state index in [1.165, 1.54) is 0 Å². The highest BCUT2D eigenvalue weighted by Crippen LogP contribution is 2.37. The Kier molecular flexibility index (Phi) is 4.68. The first-order chi connectivity index (χ1) is 11.8. The van der Waals surface area contributed by atoms with E-state index in [1.807, 2.05) is 30.3 Å². The quantitative estimate of drug-likeness (QED) is 0.743. The molecule has 0 aromatic heterocycles. The number of aliphatic hydroxyl groups is 1. The summed E-state index contributed by atoms with van der Waals surface area (Å²) in [7, 11) is 0. The summed E-state index contributed by atoms with van der Waals surface area (Å²) in [6, 6.07) is 8.87. The summed E-state index contributed by atoms with van der Waals surface area (Å²) in [6.07, 6.45) is -3.36. The summed E-state index contributed by atoms with van der Waals surface area (Å²) in [5.41, 5.74) is 5.95. The second-order valence-electron chi connectivity index (χ2n) is 6.66. The summed E-state index contributed by atoms with van der Waals surface area (Å²) >= 11 is 0. The van der Waals surface area contributed by atoms with Crippen LogP contribution in [0.15, 0.2) is 30.3 Å². The highest BCUT2D eigenvalue weighted by Gasteiger charge is 2.57. The lowest BCUT2D eigenvalue weighted by atomic mass is 9.89. The van der Waals surface area contributed by atoms with Crippen LogP contribution < -0.4 is 5.73 Å². The number of primary amides is 1. The molecule has 2 fully saturated rings. The zero-order chi connectivity index (χ0) is 18.2. The number of aliphatic hydroxyl groups excluding tert-OH is 1. The van der Waals surface area contributed by atoms with E-state index >= 15 is 0 Å². The van der Waals surface area contributed by atoms with Gasteiger partial charge in [0.25, 0.3) is 5.91 Å². The van der Waals surface area contributed by atoms with Crippen molar-refractivity contribution in [2.24, 2.45) is 5.73 Å². The molecule has 0 spiro atoms. The molecule has 2 aliphatic rings. The summed E-state index contributed by atoms with van der Waals surface area (Å²) < 4.78 is 16.5. The topological polar surface area (TPSA) is 111 Å². The Bertz CT molecular complexity index is 650. The molecule has 4 atom stereocenters. The Balaban J connectivity index is 1.76. The number of hydrogen-bond donors (Lipinski definition) is 2. The van der Waals surface area contributed by atoms with E-state index in [1.54, 1.807) is 18.7 Å². The number of ether oxygens (including phenoxy) is 3. The van der Waals surface area contributed by atoms with Crippen molar-refractivity contribution >= 4 is 12.0 Å². The van der Waals surface area contributed by atoms with Gasteiger partial charge in [-0.1, -0.05) is 30.3 Å². The van der Waals surface area contributed by atoms with E-state index in [4.69, 9.17) is 19.9 Å². The largest absolute Gasteiger partial charge is 0.447 e. The van der Waals surface area contributed by atoms with Crippen LogP contribution in [0.5, 0.6) is 0 Å². The van der Waals surface area contributed by atoms with Crippen LogP contribution in [-0.2, 0) is 25.5 Å². The van der Waals surface area contributed by atoms with Crippen LogP contribution in [0.25, 0.3) is 0 Å².